The first-order valence-corrected chi connectivity index (χ1v) is 12.9. The molecule has 0 spiro atoms. The summed E-state index contributed by atoms with van der Waals surface area (Å²) in [5, 5.41) is 6.34. The Morgan fingerprint density at radius 3 is 2.64 bits per heavy atom. The second-order valence-electron chi connectivity index (χ2n) is 8.38. The van der Waals surface area contributed by atoms with Crippen molar-refractivity contribution in [2.24, 2.45) is 0 Å². The van der Waals surface area contributed by atoms with E-state index in [1.54, 1.807) is 34.5 Å². The summed E-state index contributed by atoms with van der Waals surface area (Å²) < 4.78 is 4.31. The van der Waals surface area contributed by atoms with Crippen LogP contribution in [0.5, 0.6) is 0 Å². The van der Waals surface area contributed by atoms with Gasteiger partial charge in [0, 0.05) is 32.4 Å². The van der Waals surface area contributed by atoms with Crippen molar-refractivity contribution in [3.05, 3.63) is 119 Å². The summed E-state index contributed by atoms with van der Waals surface area (Å²) in [5.74, 6) is -0.249. The molecule has 0 saturated carbocycles. The second kappa shape index (κ2) is 9.43. The number of hydrogen-bond acceptors (Lipinski definition) is 3. The number of aromatic nitrogens is 2. The lowest BCUT2D eigenvalue weighted by molar-refractivity contribution is 0.0944. The van der Waals surface area contributed by atoms with Crippen LogP contribution in [0.1, 0.15) is 16.1 Å². The van der Waals surface area contributed by atoms with Crippen molar-refractivity contribution in [1.82, 2.24) is 14.9 Å². The molecule has 7 heteroatoms. The number of fused-ring (bicyclic) bond motifs is 3. The molecule has 4 nitrogen and oxygen atoms in total. The zero-order valence-corrected chi connectivity index (χ0v) is 21.2. The summed E-state index contributed by atoms with van der Waals surface area (Å²) in [6, 6.07) is 28.4. The molecule has 6 aromatic rings. The standard InChI is InChI=1S/C29H19Cl2N3OS/c30-24-12-4-7-19(27(24)31)15-33-29(35)25-16-32-17-34(25)20-8-3-6-18(14-20)21-10-5-11-23-22-9-1-2-13-26(22)36-28(21)23/h1-14,16-17H,15H2,(H,33,35). The number of thiophene rings is 1. The Labute approximate surface area is 221 Å². The van der Waals surface area contributed by atoms with Gasteiger partial charge in [-0.1, -0.05) is 83.9 Å². The molecule has 0 atom stereocenters. The van der Waals surface area contributed by atoms with E-state index < -0.39 is 0 Å². The minimum Gasteiger partial charge on any atom is -0.347 e. The number of nitrogens with one attached hydrogen (secondary N) is 1. The van der Waals surface area contributed by atoms with Gasteiger partial charge in [-0.2, -0.15) is 0 Å². The lowest BCUT2D eigenvalue weighted by Gasteiger charge is -2.12. The monoisotopic (exact) mass is 527 g/mol. The lowest BCUT2D eigenvalue weighted by Crippen LogP contribution is -2.25. The maximum absolute atomic E-state index is 13.1. The van der Waals surface area contributed by atoms with Gasteiger partial charge in [0.1, 0.15) is 5.69 Å². The highest BCUT2D eigenvalue weighted by atomic mass is 35.5. The average molecular weight is 528 g/mol. The summed E-state index contributed by atoms with van der Waals surface area (Å²) in [6.45, 7) is 0.261. The molecule has 0 aliphatic heterocycles. The molecule has 0 unspecified atom stereocenters. The predicted molar refractivity (Wildman–Crippen MR) is 150 cm³/mol. The molecular weight excluding hydrogens is 509 g/mol. The van der Waals surface area contributed by atoms with Gasteiger partial charge in [0.25, 0.3) is 5.91 Å². The topological polar surface area (TPSA) is 46.9 Å². The Hall–Kier alpha value is -3.64. The van der Waals surface area contributed by atoms with Gasteiger partial charge in [-0.25, -0.2) is 4.98 Å². The van der Waals surface area contributed by atoms with E-state index in [9.17, 15) is 4.79 Å². The van der Waals surface area contributed by atoms with Crippen LogP contribution in [0.2, 0.25) is 10.0 Å². The van der Waals surface area contributed by atoms with E-state index in [1.165, 1.54) is 20.2 Å². The van der Waals surface area contributed by atoms with Crippen molar-refractivity contribution in [2.75, 3.05) is 0 Å². The van der Waals surface area contributed by atoms with Crippen LogP contribution >= 0.6 is 34.5 Å². The third-order valence-electron chi connectivity index (χ3n) is 6.18. The molecular formula is C29H19Cl2N3OS. The van der Waals surface area contributed by atoms with Gasteiger partial charge in [-0.3, -0.25) is 9.36 Å². The van der Waals surface area contributed by atoms with E-state index in [1.807, 2.05) is 24.3 Å². The highest BCUT2D eigenvalue weighted by Gasteiger charge is 2.16. The highest BCUT2D eigenvalue weighted by molar-refractivity contribution is 7.26. The van der Waals surface area contributed by atoms with E-state index in [0.717, 1.165) is 22.4 Å². The Morgan fingerprint density at radius 2 is 1.72 bits per heavy atom. The average Bonchev–Trinajstić information content (AvgIpc) is 3.55. The van der Waals surface area contributed by atoms with Crippen molar-refractivity contribution in [2.45, 2.75) is 6.54 Å². The van der Waals surface area contributed by atoms with Crippen molar-refractivity contribution < 1.29 is 4.79 Å². The lowest BCUT2D eigenvalue weighted by atomic mass is 10.0. The SMILES string of the molecule is O=C(NCc1cccc(Cl)c1Cl)c1cncn1-c1cccc(-c2cccc3c2sc2ccccc23)c1. The molecule has 176 valence electrons. The molecule has 0 aliphatic carbocycles. The predicted octanol–water partition coefficient (Wildman–Crippen LogP) is 8.14. The van der Waals surface area contributed by atoms with Crippen LogP contribution in [0, 0.1) is 0 Å². The smallest absolute Gasteiger partial charge is 0.270 e. The number of amides is 1. The second-order valence-corrected chi connectivity index (χ2v) is 10.2. The molecule has 0 bridgehead atoms. The van der Waals surface area contributed by atoms with E-state index in [0.29, 0.717) is 15.7 Å². The molecule has 2 heterocycles. The minimum atomic E-state index is -0.249. The van der Waals surface area contributed by atoms with Gasteiger partial charge < -0.3 is 5.32 Å². The van der Waals surface area contributed by atoms with Gasteiger partial charge in [-0.15, -0.1) is 11.3 Å². The van der Waals surface area contributed by atoms with Crippen LogP contribution in [-0.2, 0) is 6.54 Å². The number of rotatable bonds is 5. The van der Waals surface area contributed by atoms with Gasteiger partial charge in [-0.05, 0) is 41.0 Å². The molecule has 1 N–H and O–H groups in total. The number of carbonyl (C=O) groups excluding carboxylic acids is 1. The summed E-state index contributed by atoms with van der Waals surface area (Å²) in [5.41, 5.74) is 4.29. The number of halogens is 2. The van der Waals surface area contributed by atoms with Crippen molar-refractivity contribution in [3.8, 4) is 16.8 Å². The van der Waals surface area contributed by atoms with Crippen molar-refractivity contribution >= 4 is 60.6 Å². The van der Waals surface area contributed by atoms with Crippen LogP contribution < -0.4 is 5.32 Å². The summed E-state index contributed by atoms with van der Waals surface area (Å²) in [7, 11) is 0. The first kappa shape index (κ1) is 22.8. The van der Waals surface area contributed by atoms with Crippen LogP contribution in [0.3, 0.4) is 0 Å². The van der Waals surface area contributed by atoms with Gasteiger partial charge in [0.05, 0.1) is 22.6 Å². The summed E-state index contributed by atoms with van der Waals surface area (Å²) in [4.78, 5) is 17.3. The largest absolute Gasteiger partial charge is 0.347 e. The van der Waals surface area contributed by atoms with Crippen LogP contribution in [0.15, 0.2) is 97.5 Å². The number of nitrogens with zero attached hydrogens (tertiary/aromatic N) is 2. The molecule has 0 fully saturated rings. The van der Waals surface area contributed by atoms with Crippen molar-refractivity contribution in [1.29, 1.82) is 0 Å². The Balaban J connectivity index is 1.33. The number of imidazole rings is 1. The van der Waals surface area contributed by atoms with E-state index >= 15 is 0 Å². The van der Waals surface area contributed by atoms with Crippen LogP contribution in [0.4, 0.5) is 0 Å². The fourth-order valence-electron chi connectivity index (χ4n) is 4.42. The maximum Gasteiger partial charge on any atom is 0.270 e. The molecule has 6 rings (SSSR count). The van der Waals surface area contributed by atoms with E-state index in [-0.39, 0.29) is 12.5 Å². The Bertz CT molecular complexity index is 1750. The zero-order chi connectivity index (χ0) is 24.6. The van der Waals surface area contributed by atoms with E-state index in [4.69, 9.17) is 23.2 Å². The van der Waals surface area contributed by atoms with E-state index in [2.05, 4.69) is 64.9 Å². The highest BCUT2D eigenvalue weighted by Crippen LogP contribution is 2.40. The van der Waals surface area contributed by atoms with Gasteiger partial charge in [0.15, 0.2) is 0 Å². The quantitative estimate of drug-likeness (QED) is 0.246. The molecule has 0 aliphatic rings. The number of hydrogen-bond donors (Lipinski definition) is 1. The first-order chi connectivity index (χ1) is 17.6. The molecule has 0 saturated heterocycles. The van der Waals surface area contributed by atoms with Crippen LogP contribution in [-0.4, -0.2) is 15.5 Å². The molecule has 4 aromatic carbocycles. The van der Waals surface area contributed by atoms with Crippen LogP contribution in [0.25, 0.3) is 37.0 Å². The number of benzene rings is 4. The molecule has 1 amide bonds. The maximum atomic E-state index is 13.1. The Kier molecular flexibility index (Phi) is 5.97. The van der Waals surface area contributed by atoms with Gasteiger partial charge >= 0.3 is 0 Å². The third-order valence-corrected chi connectivity index (χ3v) is 8.26. The fourth-order valence-corrected chi connectivity index (χ4v) is 6.04. The molecule has 0 radical (unpaired) electrons. The normalized spacial score (nSPS) is 11.3. The molecule has 36 heavy (non-hydrogen) atoms. The Morgan fingerprint density at radius 1 is 0.917 bits per heavy atom. The third kappa shape index (κ3) is 4.05. The zero-order valence-electron chi connectivity index (χ0n) is 18.9. The molecule has 2 aromatic heterocycles. The summed E-state index contributed by atoms with van der Waals surface area (Å²) in [6.07, 6.45) is 3.22. The van der Waals surface area contributed by atoms with Crippen molar-refractivity contribution in [3.63, 3.8) is 0 Å². The van der Waals surface area contributed by atoms with Gasteiger partial charge in [0.2, 0.25) is 0 Å². The fraction of sp³-hybridized carbons (Fsp3) is 0.0345. The summed E-state index contributed by atoms with van der Waals surface area (Å²) >= 11 is 14.2. The first-order valence-electron chi connectivity index (χ1n) is 11.3. The minimum absolute atomic E-state index is 0.249. The number of carbonyl (C=O) groups is 1.